The molecule has 0 saturated heterocycles. The van der Waals surface area contributed by atoms with E-state index < -0.39 is 0 Å². The highest BCUT2D eigenvalue weighted by molar-refractivity contribution is 5.95. The standard InChI is InChI=1S/C17H25NO2/c1-13-8-9-16(15(12-13)17(19)20-2)18-11-10-14-6-4-3-5-7-14/h8-9,12,14,18H,3-7,10-11H2,1-2H3. The van der Waals surface area contributed by atoms with E-state index in [0.29, 0.717) is 5.56 Å². The number of aryl methyl sites for hydroxylation is 1. The average Bonchev–Trinajstić information content (AvgIpc) is 2.49. The summed E-state index contributed by atoms with van der Waals surface area (Å²) in [5.74, 6) is 0.581. The maximum atomic E-state index is 11.8. The van der Waals surface area contributed by atoms with Crippen LogP contribution in [0, 0.1) is 12.8 Å². The van der Waals surface area contributed by atoms with E-state index in [1.165, 1.54) is 45.6 Å². The lowest BCUT2D eigenvalue weighted by atomic mass is 9.87. The molecule has 1 aliphatic rings. The third kappa shape index (κ3) is 3.99. The van der Waals surface area contributed by atoms with E-state index in [4.69, 9.17) is 4.74 Å². The molecule has 0 atom stereocenters. The van der Waals surface area contributed by atoms with Crippen LogP contribution in [0.25, 0.3) is 0 Å². The number of esters is 1. The van der Waals surface area contributed by atoms with Gasteiger partial charge < -0.3 is 10.1 Å². The van der Waals surface area contributed by atoms with E-state index in [-0.39, 0.29) is 5.97 Å². The maximum Gasteiger partial charge on any atom is 0.339 e. The molecule has 20 heavy (non-hydrogen) atoms. The third-order valence-electron chi connectivity index (χ3n) is 4.17. The van der Waals surface area contributed by atoms with Crippen LogP contribution in [0.5, 0.6) is 0 Å². The minimum absolute atomic E-state index is 0.270. The van der Waals surface area contributed by atoms with Crippen LogP contribution in [-0.4, -0.2) is 19.6 Å². The first-order valence-corrected chi connectivity index (χ1v) is 7.63. The van der Waals surface area contributed by atoms with Crippen molar-refractivity contribution in [3.8, 4) is 0 Å². The highest BCUT2D eigenvalue weighted by Gasteiger charge is 2.14. The molecule has 110 valence electrons. The van der Waals surface area contributed by atoms with E-state index >= 15 is 0 Å². The lowest BCUT2D eigenvalue weighted by Gasteiger charge is -2.22. The van der Waals surface area contributed by atoms with Crippen molar-refractivity contribution in [2.75, 3.05) is 19.0 Å². The topological polar surface area (TPSA) is 38.3 Å². The van der Waals surface area contributed by atoms with Crippen LogP contribution in [-0.2, 0) is 4.74 Å². The fraction of sp³-hybridized carbons (Fsp3) is 0.588. The summed E-state index contributed by atoms with van der Waals surface area (Å²) in [4.78, 5) is 11.8. The van der Waals surface area contributed by atoms with Gasteiger partial charge in [-0.05, 0) is 31.4 Å². The number of hydrogen-bond acceptors (Lipinski definition) is 3. The second-order valence-corrected chi connectivity index (χ2v) is 5.76. The summed E-state index contributed by atoms with van der Waals surface area (Å²) >= 11 is 0. The Bertz CT molecular complexity index is 450. The number of methoxy groups -OCH3 is 1. The maximum absolute atomic E-state index is 11.8. The van der Waals surface area contributed by atoms with Crippen molar-refractivity contribution in [3.63, 3.8) is 0 Å². The van der Waals surface area contributed by atoms with Crippen LogP contribution in [0.15, 0.2) is 18.2 Å². The van der Waals surface area contributed by atoms with Crippen molar-refractivity contribution < 1.29 is 9.53 Å². The highest BCUT2D eigenvalue weighted by atomic mass is 16.5. The molecule has 0 unspecified atom stereocenters. The number of benzene rings is 1. The molecule has 0 aromatic heterocycles. The zero-order valence-corrected chi connectivity index (χ0v) is 12.6. The van der Waals surface area contributed by atoms with Crippen molar-refractivity contribution in [3.05, 3.63) is 29.3 Å². The van der Waals surface area contributed by atoms with Crippen LogP contribution in [0.2, 0.25) is 0 Å². The number of carbonyl (C=O) groups excluding carboxylic acids is 1. The fourth-order valence-corrected chi connectivity index (χ4v) is 2.98. The summed E-state index contributed by atoms with van der Waals surface area (Å²) in [5, 5.41) is 3.40. The Kier molecular flexibility index (Phi) is 5.45. The first kappa shape index (κ1) is 14.9. The first-order valence-electron chi connectivity index (χ1n) is 7.63. The Morgan fingerprint density at radius 3 is 2.75 bits per heavy atom. The lowest BCUT2D eigenvalue weighted by Crippen LogP contribution is -2.14. The van der Waals surface area contributed by atoms with Crippen molar-refractivity contribution in [1.29, 1.82) is 0 Å². The van der Waals surface area contributed by atoms with E-state index in [2.05, 4.69) is 5.32 Å². The van der Waals surface area contributed by atoms with Gasteiger partial charge in [0.25, 0.3) is 0 Å². The largest absolute Gasteiger partial charge is 0.465 e. The lowest BCUT2D eigenvalue weighted by molar-refractivity contribution is 0.0601. The predicted molar refractivity (Wildman–Crippen MR) is 82.2 cm³/mol. The monoisotopic (exact) mass is 275 g/mol. The van der Waals surface area contributed by atoms with E-state index in [1.54, 1.807) is 0 Å². The Balaban J connectivity index is 1.92. The molecule has 0 spiro atoms. The fourth-order valence-electron chi connectivity index (χ4n) is 2.98. The van der Waals surface area contributed by atoms with Gasteiger partial charge in [0.05, 0.1) is 12.7 Å². The van der Waals surface area contributed by atoms with Gasteiger partial charge in [0.15, 0.2) is 0 Å². The molecule has 0 bridgehead atoms. The molecule has 1 fully saturated rings. The normalized spacial score (nSPS) is 15.9. The van der Waals surface area contributed by atoms with Gasteiger partial charge in [-0.2, -0.15) is 0 Å². The Morgan fingerprint density at radius 2 is 2.05 bits per heavy atom. The quantitative estimate of drug-likeness (QED) is 0.820. The molecule has 3 heteroatoms. The van der Waals surface area contributed by atoms with Gasteiger partial charge in [0, 0.05) is 12.2 Å². The summed E-state index contributed by atoms with van der Waals surface area (Å²) in [6, 6.07) is 5.88. The molecule has 1 aromatic rings. The number of nitrogens with one attached hydrogen (secondary N) is 1. The van der Waals surface area contributed by atoms with Crippen molar-refractivity contribution in [2.24, 2.45) is 5.92 Å². The molecule has 1 aliphatic carbocycles. The van der Waals surface area contributed by atoms with Gasteiger partial charge in [-0.25, -0.2) is 4.79 Å². The van der Waals surface area contributed by atoms with Gasteiger partial charge in [0.2, 0.25) is 0 Å². The molecule has 1 N–H and O–H groups in total. The van der Waals surface area contributed by atoms with Gasteiger partial charge in [-0.15, -0.1) is 0 Å². The summed E-state index contributed by atoms with van der Waals surface area (Å²) in [5.41, 5.74) is 2.60. The van der Waals surface area contributed by atoms with Crippen LogP contribution >= 0.6 is 0 Å². The number of rotatable bonds is 5. The minimum atomic E-state index is -0.270. The molecular weight excluding hydrogens is 250 g/mol. The van der Waals surface area contributed by atoms with Gasteiger partial charge in [0.1, 0.15) is 0 Å². The smallest absolute Gasteiger partial charge is 0.339 e. The Hall–Kier alpha value is -1.51. The highest BCUT2D eigenvalue weighted by Crippen LogP contribution is 2.26. The Labute approximate surface area is 121 Å². The summed E-state index contributed by atoms with van der Waals surface area (Å²) in [7, 11) is 1.43. The molecule has 3 nitrogen and oxygen atoms in total. The molecule has 2 rings (SSSR count). The summed E-state index contributed by atoms with van der Waals surface area (Å²) < 4.78 is 4.85. The summed E-state index contributed by atoms with van der Waals surface area (Å²) in [6.07, 6.45) is 8.06. The van der Waals surface area contributed by atoms with Crippen molar-refractivity contribution in [2.45, 2.75) is 45.4 Å². The SMILES string of the molecule is COC(=O)c1cc(C)ccc1NCCC1CCCCC1. The average molecular weight is 275 g/mol. The number of ether oxygens (including phenoxy) is 1. The van der Waals surface area contributed by atoms with Crippen LogP contribution in [0.1, 0.15) is 54.4 Å². The molecule has 1 saturated carbocycles. The second kappa shape index (κ2) is 7.32. The Morgan fingerprint density at radius 1 is 1.30 bits per heavy atom. The van der Waals surface area contributed by atoms with E-state index in [0.717, 1.165) is 23.7 Å². The number of carbonyl (C=O) groups is 1. The zero-order valence-electron chi connectivity index (χ0n) is 12.6. The molecular formula is C17H25NO2. The van der Waals surface area contributed by atoms with Crippen molar-refractivity contribution in [1.82, 2.24) is 0 Å². The van der Waals surface area contributed by atoms with Gasteiger partial charge >= 0.3 is 5.97 Å². The van der Waals surface area contributed by atoms with Crippen LogP contribution in [0.4, 0.5) is 5.69 Å². The van der Waals surface area contributed by atoms with Gasteiger partial charge in [-0.3, -0.25) is 0 Å². The number of hydrogen-bond donors (Lipinski definition) is 1. The molecule has 0 amide bonds. The first-order chi connectivity index (χ1) is 9.70. The second-order valence-electron chi connectivity index (χ2n) is 5.76. The van der Waals surface area contributed by atoms with Crippen molar-refractivity contribution >= 4 is 11.7 Å². The summed E-state index contributed by atoms with van der Waals surface area (Å²) in [6.45, 7) is 2.91. The predicted octanol–water partition coefficient (Wildman–Crippen LogP) is 4.16. The van der Waals surface area contributed by atoms with Gasteiger partial charge in [-0.1, -0.05) is 43.7 Å². The van der Waals surface area contributed by atoms with E-state index in [1.807, 2.05) is 25.1 Å². The molecule has 0 heterocycles. The van der Waals surface area contributed by atoms with Crippen LogP contribution < -0.4 is 5.32 Å². The molecule has 1 aromatic carbocycles. The third-order valence-corrected chi connectivity index (χ3v) is 4.17. The molecule has 0 aliphatic heterocycles. The zero-order chi connectivity index (χ0) is 14.4. The molecule has 0 radical (unpaired) electrons. The van der Waals surface area contributed by atoms with E-state index in [9.17, 15) is 4.79 Å². The number of anilines is 1. The van der Waals surface area contributed by atoms with Crippen LogP contribution in [0.3, 0.4) is 0 Å². The minimum Gasteiger partial charge on any atom is -0.465 e.